The number of esters is 2. The van der Waals surface area contributed by atoms with E-state index in [0.717, 1.165) is 6.92 Å². The van der Waals surface area contributed by atoms with Crippen LogP contribution in [0.1, 0.15) is 75.2 Å². The van der Waals surface area contributed by atoms with Gasteiger partial charge >= 0.3 is 18.0 Å². The number of carbonyl (C=O) groups excluding carboxylic acids is 4. The molecule has 1 amide bonds. The van der Waals surface area contributed by atoms with Crippen LogP contribution in [0.4, 0.5) is 4.79 Å². The van der Waals surface area contributed by atoms with Crippen molar-refractivity contribution >= 4 is 23.8 Å². The summed E-state index contributed by atoms with van der Waals surface area (Å²) >= 11 is 0. The molecule has 6 N–H and O–H groups in total. The van der Waals surface area contributed by atoms with Gasteiger partial charge in [0.15, 0.2) is 11.9 Å². The van der Waals surface area contributed by atoms with Crippen molar-refractivity contribution in [3.8, 4) is 0 Å². The van der Waals surface area contributed by atoms with E-state index in [1.54, 1.807) is 13.8 Å². The minimum absolute atomic E-state index is 0. The second kappa shape index (κ2) is 15.3. The number of hydrogen-bond acceptors (Lipinski definition) is 13. The van der Waals surface area contributed by atoms with Crippen LogP contribution >= 0.6 is 0 Å². The van der Waals surface area contributed by atoms with Crippen molar-refractivity contribution in [2.75, 3.05) is 13.2 Å². The Hall–Kier alpha value is 0.263. The Labute approximate surface area is 352 Å². The molecule has 2 radical (unpaired) electrons. The minimum Gasteiger partial charge on any atom is -0.459 e. The van der Waals surface area contributed by atoms with Gasteiger partial charge in [-0.1, -0.05) is 34.6 Å². The molecule has 48 heavy (non-hydrogen) atoms. The van der Waals surface area contributed by atoms with Crippen LogP contribution < -0.4 is 5.32 Å². The number of Topliss-reactive ketones (excluding diaryl/α,β-unsaturated/α-hetero) is 1. The zero-order valence-electron chi connectivity index (χ0n) is 29.1. The summed E-state index contributed by atoms with van der Waals surface area (Å²) < 4.78 is 22.1. The van der Waals surface area contributed by atoms with E-state index in [4.69, 9.17) is 18.9 Å². The van der Waals surface area contributed by atoms with Crippen LogP contribution in [0.2, 0.25) is 0 Å². The first-order chi connectivity index (χ1) is 20.9. The molecule has 16 heteroatoms. The number of amides is 1. The molecule has 2 bridgehead atoms. The molecule has 4 aliphatic rings. The van der Waals surface area contributed by atoms with Gasteiger partial charge in [-0.3, -0.25) is 9.59 Å². The van der Waals surface area contributed by atoms with E-state index in [1.165, 1.54) is 20.8 Å². The van der Waals surface area contributed by atoms with Gasteiger partial charge in [0.05, 0.1) is 36.9 Å². The number of alkyl carbamates (subject to hydrolysis) is 1. The second-order valence-electron chi connectivity index (χ2n) is 15.4. The van der Waals surface area contributed by atoms with Gasteiger partial charge in [0.2, 0.25) is 0 Å². The molecule has 0 spiro atoms. The van der Waals surface area contributed by atoms with Gasteiger partial charge in [-0.2, -0.15) is 0 Å². The smallest absolute Gasteiger partial charge is 0.407 e. The van der Waals surface area contributed by atoms with Crippen LogP contribution in [-0.2, 0) is 33.3 Å². The number of ketones is 1. The maximum Gasteiger partial charge on any atom is 0.407 e. The molecule has 0 aromatic rings. The Balaban J connectivity index is 0.00000400. The predicted octanol–water partition coefficient (Wildman–Crippen LogP) is 0.290. The van der Waals surface area contributed by atoms with E-state index in [1.807, 2.05) is 20.8 Å². The van der Waals surface area contributed by atoms with Crippen molar-refractivity contribution in [2.45, 2.75) is 129 Å². The van der Waals surface area contributed by atoms with Gasteiger partial charge in [-0.05, 0) is 37.3 Å². The normalized spacial score (nSPS) is 38.1. The van der Waals surface area contributed by atoms with Crippen LogP contribution in [0, 0.1) is 110 Å². The van der Waals surface area contributed by atoms with Gasteiger partial charge in [-0.25, -0.2) is 9.59 Å². The maximum absolute atomic E-state index is 14.3. The fourth-order valence-electron chi connectivity index (χ4n) is 7.80. The fraction of sp³-hybridized carbons (Fsp3) is 0.812. The van der Waals surface area contributed by atoms with Crippen LogP contribution in [0.5, 0.6) is 0 Å². The second-order valence-corrected chi connectivity index (χ2v) is 15.4. The molecule has 3 aliphatic carbocycles. The molecule has 1 aliphatic heterocycles. The van der Waals surface area contributed by atoms with Crippen molar-refractivity contribution < 1.29 is 152 Å². The summed E-state index contributed by atoms with van der Waals surface area (Å²) in [6, 6.07) is -1.16. The van der Waals surface area contributed by atoms with Crippen molar-refractivity contribution in [1.29, 1.82) is 0 Å². The van der Waals surface area contributed by atoms with Crippen LogP contribution in [0.25, 0.3) is 0 Å². The van der Waals surface area contributed by atoms with Gasteiger partial charge in [0.25, 0.3) is 0 Å². The Morgan fingerprint density at radius 2 is 1.67 bits per heavy atom. The van der Waals surface area contributed by atoms with E-state index >= 15 is 0 Å². The summed E-state index contributed by atoms with van der Waals surface area (Å²) in [5.74, 6) is -4.34. The summed E-state index contributed by atoms with van der Waals surface area (Å²) in [5, 5.41) is 60.8. The van der Waals surface area contributed by atoms with Crippen molar-refractivity contribution in [2.24, 2.45) is 22.2 Å². The standard InChI is InChI=1S/C32H49NO13.2Ac/c1-14-17(46-26(39)21(36)15(2)33-27(40)44-12-28(4,5)6)11-32(42)25(45-16(3)34)23-30(9,18(35)10-19-31(23,41)13-43-19)24(38)22(37)20(14)29(32,7)8;;/h15,17-19,21-23,25,35-37,41-42H,10-13H2,1-9H3,(H,33,40);;/t15-,17?,18-,19+,21+,22+,23-,25-,30+,31-,32+;;/m0../s1. The summed E-state index contributed by atoms with van der Waals surface area (Å²) in [6.45, 7) is 13.8. The summed E-state index contributed by atoms with van der Waals surface area (Å²) in [5.41, 5.74) is -7.57. The molecular weight excluding hydrogens is 1060 g/mol. The molecule has 1 heterocycles. The Morgan fingerprint density at radius 1 is 1.08 bits per heavy atom. The number of fused-ring (bicyclic) bond motifs is 5. The van der Waals surface area contributed by atoms with Gasteiger partial charge in [0.1, 0.15) is 29.5 Å². The first kappa shape index (κ1) is 44.4. The molecule has 14 nitrogen and oxygen atoms in total. The van der Waals surface area contributed by atoms with Gasteiger partial charge < -0.3 is 49.8 Å². The van der Waals surface area contributed by atoms with Crippen molar-refractivity contribution in [3.63, 3.8) is 0 Å². The third-order valence-corrected chi connectivity index (χ3v) is 10.6. The number of aliphatic hydroxyl groups excluding tert-OH is 3. The zero-order valence-corrected chi connectivity index (χ0v) is 38.6. The SMILES string of the molecule is CC(=O)O[C@H]1[C@@H]2[C@]3(O)CO[C@@H]3C[C@H](O)[C@@]2(C)C(=O)[C@H](O)C2=C(C)C(OC(=O)[C@H](O)[C@H](C)NC(=O)OCC(C)(C)C)C[C@]1(O)C2(C)C.[Ac].[Ac]. The third kappa shape index (κ3) is 7.52. The Bertz CT molecular complexity index is 1320. The van der Waals surface area contributed by atoms with Crippen LogP contribution in [-0.4, -0.2) is 116 Å². The summed E-state index contributed by atoms with van der Waals surface area (Å²) in [4.78, 5) is 52.4. The summed E-state index contributed by atoms with van der Waals surface area (Å²) in [7, 11) is 0. The number of hydrogen-bond donors (Lipinski definition) is 6. The molecule has 266 valence electrons. The third-order valence-electron chi connectivity index (χ3n) is 10.6. The average Bonchev–Trinajstić information content (AvgIpc) is 2.93. The molecule has 4 rings (SSSR count). The number of ether oxygens (including phenoxy) is 4. The monoisotopic (exact) mass is 1110 g/mol. The largest absolute Gasteiger partial charge is 0.459 e. The minimum atomic E-state index is -2.20. The molecule has 1 unspecified atom stereocenters. The molecule has 3 fully saturated rings. The molecule has 11 atom stereocenters. The van der Waals surface area contributed by atoms with E-state index < -0.39 is 101 Å². The Kier molecular flexibility index (Phi) is 14.2. The molecule has 0 aromatic heterocycles. The number of carbonyl (C=O) groups is 4. The predicted molar refractivity (Wildman–Crippen MR) is 159 cm³/mol. The molecular formula is C32H49Ac2NO13. The fourth-order valence-corrected chi connectivity index (χ4v) is 7.80. The molecule has 0 aromatic carbocycles. The van der Waals surface area contributed by atoms with Gasteiger partial charge in [-0.15, -0.1) is 0 Å². The maximum atomic E-state index is 14.3. The van der Waals surface area contributed by atoms with Crippen molar-refractivity contribution in [1.82, 2.24) is 5.32 Å². The number of rotatable bonds is 6. The molecule has 1 saturated heterocycles. The quantitative estimate of drug-likeness (QED) is 0.120. The topological polar surface area (TPSA) is 218 Å². The van der Waals surface area contributed by atoms with E-state index in [9.17, 15) is 44.7 Å². The first-order valence-corrected chi connectivity index (χ1v) is 15.6. The van der Waals surface area contributed by atoms with E-state index in [0.29, 0.717) is 0 Å². The summed E-state index contributed by atoms with van der Waals surface area (Å²) in [6.07, 6.45) is -10.6. The van der Waals surface area contributed by atoms with Crippen LogP contribution in [0.15, 0.2) is 11.1 Å². The van der Waals surface area contributed by atoms with Gasteiger partial charge in [0, 0.05) is 119 Å². The van der Waals surface area contributed by atoms with Crippen LogP contribution in [0.3, 0.4) is 0 Å². The van der Waals surface area contributed by atoms with Crippen molar-refractivity contribution in [3.05, 3.63) is 11.1 Å². The average molecular weight is 1110 g/mol. The van der Waals surface area contributed by atoms with E-state index in [2.05, 4.69) is 5.32 Å². The molecule has 2 saturated carbocycles. The number of aliphatic hydroxyl groups is 5. The first-order valence-electron chi connectivity index (χ1n) is 15.6. The Morgan fingerprint density at radius 3 is 2.17 bits per heavy atom. The van der Waals surface area contributed by atoms with E-state index in [-0.39, 0.29) is 124 Å². The zero-order chi connectivity index (χ0) is 34.9. The number of nitrogens with one attached hydrogen (secondary N) is 1.